The van der Waals surface area contributed by atoms with Gasteiger partial charge >= 0.3 is 6.03 Å². The Hall–Kier alpha value is -1.47. The van der Waals surface area contributed by atoms with Gasteiger partial charge in [-0.3, -0.25) is 4.90 Å². The zero-order valence-corrected chi connectivity index (χ0v) is 6.14. The van der Waals surface area contributed by atoms with Crippen molar-refractivity contribution in [3.63, 3.8) is 0 Å². The number of urea groups is 1. The highest BCUT2D eigenvalue weighted by molar-refractivity contribution is 5.74. The van der Waals surface area contributed by atoms with Crippen LogP contribution in [0.5, 0.6) is 0 Å². The van der Waals surface area contributed by atoms with Crippen LogP contribution in [0.4, 0.5) is 4.79 Å². The van der Waals surface area contributed by atoms with E-state index in [0.717, 1.165) is 0 Å². The summed E-state index contributed by atoms with van der Waals surface area (Å²) in [6.45, 7) is -1.33. The Balaban J connectivity index is 4.15. The van der Waals surface area contributed by atoms with Crippen molar-refractivity contribution in [2.75, 3.05) is 13.5 Å². The number of carbonyl (C=O) groups is 1. The monoisotopic (exact) mass is 178 g/mol. The molecule has 12 heavy (non-hydrogen) atoms. The number of hydrogen-bond acceptors (Lipinski definition) is 5. The molecule has 7 heteroatoms. The largest absolute Gasteiger partial charge is 0.480 e. The average Bonchev–Trinajstić information content (AvgIpc) is 2.00. The normalized spacial score (nSPS) is 8.83. The Morgan fingerprint density at radius 2 is 2.00 bits per heavy atom. The summed E-state index contributed by atoms with van der Waals surface area (Å²) >= 11 is 0. The molecule has 70 valence electrons. The highest BCUT2D eigenvalue weighted by atomic mass is 16.5. The first-order valence-corrected chi connectivity index (χ1v) is 2.97. The quantitative estimate of drug-likeness (QED) is 0.275. The van der Waals surface area contributed by atoms with E-state index in [4.69, 9.17) is 20.4 Å². The lowest BCUT2D eigenvalue weighted by molar-refractivity contribution is 0.126. The van der Waals surface area contributed by atoms with Crippen LogP contribution in [0.2, 0.25) is 0 Å². The molecule has 0 aromatic carbocycles. The van der Waals surface area contributed by atoms with Crippen molar-refractivity contribution in [1.82, 2.24) is 10.2 Å². The van der Waals surface area contributed by atoms with Crippen LogP contribution in [0.15, 0.2) is 12.1 Å². The smallest absolute Gasteiger partial charge is 0.325 e. The summed E-state index contributed by atoms with van der Waals surface area (Å²) in [5, 5.41) is 35.2. The standard InChI is InChI=1S/C5H10N2O5/c8-2-6-5(12)7(3-9)1-4(10)11/h1,8-11H,2-3H2,(H,6,12). The topological polar surface area (TPSA) is 113 Å². The van der Waals surface area contributed by atoms with Gasteiger partial charge in [-0.05, 0) is 0 Å². The summed E-state index contributed by atoms with van der Waals surface area (Å²) in [7, 11) is 0. The van der Waals surface area contributed by atoms with Gasteiger partial charge in [-0.25, -0.2) is 4.79 Å². The van der Waals surface area contributed by atoms with Crippen LogP contribution in [0.3, 0.4) is 0 Å². The fraction of sp³-hybridized carbons (Fsp3) is 0.400. The van der Waals surface area contributed by atoms with Crippen LogP contribution < -0.4 is 5.32 Å². The van der Waals surface area contributed by atoms with Gasteiger partial charge in [0.1, 0.15) is 13.5 Å². The molecule has 0 fully saturated rings. The van der Waals surface area contributed by atoms with E-state index < -0.39 is 25.4 Å². The molecule has 0 aliphatic carbocycles. The van der Waals surface area contributed by atoms with Crippen molar-refractivity contribution < 1.29 is 25.2 Å². The van der Waals surface area contributed by atoms with Gasteiger partial charge in [-0.1, -0.05) is 0 Å². The molecule has 7 nitrogen and oxygen atoms in total. The predicted octanol–water partition coefficient (Wildman–Crippen LogP) is -1.19. The van der Waals surface area contributed by atoms with Crippen molar-refractivity contribution in [3.05, 3.63) is 12.1 Å². The van der Waals surface area contributed by atoms with Crippen molar-refractivity contribution in [2.45, 2.75) is 0 Å². The zero-order valence-electron chi connectivity index (χ0n) is 6.14. The van der Waals surface area contributed by atoms with Gasteiger partial charge in [-0.15, -0.1) is 0 Å². The highest BCUT2D eigenvalue weighted by Crippen LogP contribution is 1.91. The lowest BCUT2D eigenvalue weighted by Gasteiger charge is -2.13. The maximum absolute atomic E-state index is 10.7. The Bertz CT molecular complexity index is 177. The second-order valence-corrected chi connectivity index (χ2v) is 1.74. The molecule has 0 heterocycles. The van der Waals surface area contributed by atoms with E-state index >= 15 is 0 Å². The molecule has 0 bridgehead atoms. The number of nitrogens with zero attached hydrogens (tertiary/aromatic N) is 1. The Morgan fingerprint density at radius 1 is 1.42 bits per heavy atom. The Kier molecular flexibility index (Phi) is 4.58. The SMILES string of the molecule is O=C(NCO)N(C=C(O)O)CO. The Labute approximate surface area is 68.2 Å². The van der Waals surface area contributed by atoms with Crippen LogP contribution in [-0.2, 0) is 0 Å². The molecule has 2 amide bonds. The van der Waals surface area contributed by atoms with E-state index in [-0.39, 0.29) is 0 Å². The molecule has 0 spiro atoms. The van der Waals surface area contributed by atoms with Crippen LogP contribution in [0, 0.1) is 0 Å². The minimum atomic E-state index is -1.11. The number of nitrogens with one attached hydrogen (secondary N) is 1. The first kappa shape index (κ1) is 10.5. The summed E-state index contributed by atoms with van der Waals surface area (Å²) in [5.74, 6) is -1.11. The summed E-state index contributed by atoms with van der Waals surface area (Å²) in [4.78, 5) is 11.3. The van der Waals surface area contributed by atoms with E-state index in [1.165, 1.54) is 0 Å². The van der Waals surface area contributed by atoms with Crippen LogP contribution in [0.1, 0.15) is 0 Å². The van der Waals surface area contributed by atoms with Gasteiger partial charge < -0.3 is 25.7 Å². The van der Waals surface area contributed by atoms with E-state index in [0.29, 0.717) is 11.1 Å². The summed E-state index contributed by atoms with van der Waals surface area (Å²) in [5.41, 5.74) is 0. The van der Waals surface area contributed by atoms with Crippen LogP contribution in [-0.4, -0.2) is 44.8 Å². The lowest BCUT2D eigenvalue weighted by atomic mass is 10.7. The van der Waals surface area contributed by atoms with E-state index in [1.54, 1.807) is 0 Å². The molecule has 5 N–H and O–H groups in total. The van der Waals surface area contributed by atoms with Gasteiger partial charge in [-0.2, -0.15) is 0 Å². The molecule has 0 radical (unpaired) electrons. The van der Waals surface area contributed by atoms with Gasteiger partial charge in [0.15, 0.2) is 0 Å². The number of aliphatic hydroxyl groups is 4. The second-order valence-electron chi connectivity index (χ2n) is 1.74. The minimum Gasteiger partial charge on any atom is -0.480 e. The number of carbonyl (C=O) groups excluding carboxylic acids is 1. The maximum Gasteiger partial charge on any atom is 0.325 e. The van der Waals surface area contributed by atoms with Gasteiger partial charge in [0, 0.05) is 0 Å². The molecule has 0 rings (SSSR count). The molecule has 0 saturated carbocycles. The maximum atomic E-state index is 10.7. The fourth-order valence-electron chi connectivity index (χ4n) is 0.472. The van der Waals surface area contributed by atoms with Crippen molar-refractivity contribution in [2.24, 2.45) is 0 Å². The number of amides is 2. The third-order valence-corrected chi connectivity index (χ3v) is 0.915. The third-order valence-electron chi connectivity index (χ3n) is 0.915. The van der Waals surface area contributed by atoms with Crippen LogP contribution >= 0.6 is 0 Å². The van der Waals surface area contributed by atoms with Gasteiger partial charge in [0.2, 0.25) is 0 Å². The molecular weight excluding hydrogens is 168 g/mol. The second kappa shape index (κ2) is 5.22. The third kappa shape index (κ3) is 3.64. The van der Waals surface area contributed by atoms with E-state index in [2.05, 4.69) is 0 Å². The van der Waals surface area contributed by atoms with Gasteiger partial charge in [0.25, 0.3) is 5.95 Å². The average molecular weight is 178 g/mol. The zero-order chi connectivity index (χ0) is 9.56. The minimum absolute atomic E-state index is 0.561. The van der Waals surface area contributed by atoms with Crippen molar-refractivity contribution >= 4 is 6.03 Å². The molecule has 0 aromatic heterocycles. The van der Waals surface area contributed by atoms with Crippen molar-refractivity contribution in [3.8, 4) is 0 Å². The summed E-state index contributed by atoms with van der Waals surface area (Å²) in [6.07, 6.45) is 0.602. The fourth-order valence-corrected chi connectivity index (χ4v) is 0.472. The molecule has 0 unspecified atom stereocenters. The molecule has 0 saturated heterocycles. The highest BCUT2D eigenvalue weighted by Gasteiger charge is 2.08. The summed E-state index contributed by atoms with van der Waals surface area (Å²) in [6, 6.07) is -0.847. The predicted molar refractivity (Wildman–Crippen MR) is 37.9 cm³/mol. The number of rotatable bonds is 3. The number of hydrogen-bond donors (Lipinski definition) is 5. The van der Waals surface area contributed by atoms with E-state index in [9.17, 15) is 4.79 Å². The van der Waals surface area contributed by atoms with Crippen molar-refractivity contribution in [1.29, 1.82) is 0 Å². The molecular formula is C5H10N2O5. The first-order chi connectivity index (χ1) is 5.61. The first-order valence-electron chi connectivity index (χ1n) is 2.97. The molecule has 0 aliphatic heterocycles. The van der Waals surface area contributed by atoms with Crippen LogP contribution in [0.25, 0.3) is 0 Å². The molecule has 0 aliphatic rings. The number of aliphatic hydroxyl groups excluding tert-OH is 3. The molecule has 0 atom stereocenters. The lowest BCUT2D eigenvalue weighted by Crippen LogP contribution is -2.37. The molecule has 0 aromatic rings. The Morgan fingerprint density at radius 3 is 2.33 bits per heavy atom. The summed E-state index contributed by atoms with van der Waals surface area (Å²) < 4.78 is 0. The van der Waals surface area contributed by atoms with Gasteiger partial charge in [0.05, 0.1) is 6.20 Å². The van der Waals surface area contributed by atoms with E-state index in [1.807, 2.05) is 5.32 Å².